The third-order valence-corrected chi connectivity index (χ3v) is 8.10. The summed E-state index contributed by atoms with van der Waals surface area (Å²) in [6.45, 7) is 0. The van der Waals surface area contributed by atoms with Crippen molar-refractivity contribution in [2.24, 2.45) is 23.7 Å². The Morgan fingerprint density at radius 2 is 0.886 bits per heavy atom. The predicted octanol–water partition coefficient (Wildman–Crippen LogP) is 8.33. The summed E-state index contributed by atoms with van der Waals surface area (Å²) in [7, 11) is 0. The van der Waals surface area contributed by atoms with Crippen molar-refractivity contribution in [1.29, 1.82) is 0 Å². The van der Waals surface area contributed by atoms with E-state index in [-0.39, 0.29) is 11.6 Å². The van der Waals surface area contributed by atoms with E-state index >= 15 is 0 Å². The fourth-order valence-electron chi connectivity index (χ4n) is 6.03. The SMILES string of the molecule is O=C(/C=C/c1ccccc1)CC1CCC(CC2CCC(CC(=O)/C=C/c3ccccc3)CC2)CC1. The lowest BCUT2D eigenvalue weighted by Crippen LogP contribution is -2.22. The third-order valence-electron chi connectivity index (χ3n) is 8.10. The van der Waals surface area contributed by atoms with E-state index in [0.717, 1.165) is 23.0 Å². The molecule has 0 heterocycles. The first-order chi connectivity index (χ1) is 17.1. The van der Waals surface area contributed by atoms with Crippen molar-refractivity contribution < 1.29 is 9.59 Å². The summed E-state index contributed by atoms with van der Waals surface area (Å²) in [5, 5.41) is 0. The number of carbonyl (C=O) groups excluding carboxylic acids is 2. The van der Waals surface area contributed by atoms with E-state index in [4.69, 9.17) is 0 Å². The summed E-state index contributed by atoms with van der Waals surface area (Å²) in [4.78, 5) is 24.8. The molecule has 184 valence electrons. The van der Waals surface area contributed by atoms with Crippen molar-refractivity contribution in [3.63, 3.8) is 0 Å². The van der Waals surface area contributed by atoms with E-state index in [1.807, 2.05) is 72.8 Å². The minimum atomic E-state index is 0.267. The van der Waals surface area contributed by atoms with Gasteiger partial charge in [-0.3, -0.25) is 9.59 Å². The van der Waals surface area contributed by atoms with Gasteiger partial charge in [-0.25, -0.2) is 0 Å². The maximum absolute atomic E-state index is 12.4. The summed E-state index contributed by atoms with van der Waals surface area (Å²) in [5.41, 5.74) is 2.18. The first-order valence-electron chi connectivity index (χ1n) is 13.7. The second-order valence-corrected chi connectivity index (χ2v) is 10.8. The van der Waals surface area contributed by atoms with Crippen LogP contribution in [0.15, 0.2) is 72.8 Å². The molecule has 2 aliphatic carbocycles. The van der Waals surface area contributed by atoms with Gasteiger partial charge in [-0.2, -0.15) is 0 Å². The Balaban J connectivity index is 1.10. The number of carbonyl (C=O) groups is 2. The second kappa shape index (κ2) is 13.4. The average molecular weight is 469 g/mol. The lowest BCUT2D eigenvalue weighted by Gasteiger charge is -2.34. The van der Waals surface area contributed by atoms with Crippen LogP contribution in [-0.4, -0.2) is 11.6 Å². The standard InChI is InChI=1S/C33H40O2/c34-32(21-19-26-7-3-1-4-8-26)24-30-15-11-28(12-16-30)23-29-13-17-31(18-14-29)25-33(35)22-20-27-9-5-2-6-10-27/h1-10,19-22,28-31H,11-18,23-25H2/b21-19+,22-20+. The molecule has 0 saturated heterocycles. The monoisotopic (exact) mass is 468 g/mol. The van der Waals surface area contributed by atoms with E-state index in [0.29, 0.717) is 24.7 Å². The number of hydrogen-bond acceptors (Lipinski definition) is 2. The van der Waals surface area contributed by atoms with E-state index in [1.54, 1.807) is 12.2 Å². The molecule has 0 amide bonds. The van der Waals surface area contributed by atoms with Crippen LogP contribution in [0.3, 0.4) is 0 Å². The van der Waals surface area contributed by atoms with Gasteiger partial charge in [0.1, 0.15) is 0 Å². The third kappa shape index (κ3) is 8.76. The maximum atomic E-state index is 12.4. The van der Waals surface area contributed by atoms with Crippen LogP contribution in [-0.2, 0) is 9.59 Å². The lowest BCUT2D eigenvalue weighted by atomic mass is 9.72. The first-order valence-corrected chi connectivity index (χ1v) is 13.7. The normalized spacial score (nSPS) is 25.1. The molecule has 2 heteroatoms. The van der Waals surface area contributed by atoms with Gasteiger partial charge in [-0.05, 0) is 79.1 Å². The van der Waals surface area contributed by atoms with Gasteiger partial charge in [0.25, 0.3) is 0 Å². The van der Waals surface area contributed by atoms with Crippen molar-refractivity contribution in [2.45, 2.75) is 70.6 Å². The molecule has 0 atom stereocenters. The van der Waals surface area contributed by atoms with E-state index in [9.17, 15) is 9.59 Å². The zero-order valence-electron chi connectivity index (χ0n) is 21.0. The van der Waals surface area contributed by atoms with Crippen molar-refractivity contribution in [2.75, 3.05) is 0 Å². The minimum absolute atomic E-state index is 0.267. The lowest BCUT2D eigenvalue weighted by molar-refractivity contribution is -0.116. The fraction of sp³-hybridized carbons (Fsp3) is 0.455. The van der Waals surface area contributed by atoms with Crippen LogP contribution in [0.5, 0.6) is 0 Å². The Labute approximate surface area is 211 Å². The Bertz CT molecular complexity index is 891. The predicted molar refractivity (Wildman–Crippen MR) is 146 cm³/mol. The highest BCUT2D eigenvalue weighted by atomic mass is 16.1. The number of ketones is 2. The topological polar surface area (TPSA) is 34.1 Å². The molecule has 2 aromatic rings. The largest absolute Gasteiger partial charge is 0.295 e. The molecular formula is C33H40O2. The highest BCUT2D eigenvalue weighted by molar-refractivity contribution is 5.94. The fourth-order valence-corrected chi connectivity index (χ4v) is 6.03. The molecule has 2 nitrogen and oxygen atoms in total. The van der Waals surface area contributed by atoms with Gasteiger partial charge in [0.05, 0.1) is 0 Å². The first kappa shape index (κ1) is 25.4. The van der Waals surface area contributed by atoms with E-state index in [2.05, 4.69) is 0 Å². The minimum Gasteiger partial charge on any atom is -0.295 e. The maximum Gasteiger partial charge on any atom is 0.155 e. The van der Waals surface area contributed by atoms with Crippen LogP contribution < -0.4 is 0 Å². The average Bonchev–Trinajstić information content (AvgIpc) is 2.90. The van der Waals surface area contributed by atoms with Crippen LogP contribution in [0.2, 0.25) is 0 Å². The van der Waals surface area contributed by atoms with Gasteiger partial charge >= 0.3 is 0 Å². The number of benzene rings is 2. The summed E-state index contributed by atoms with van der Waals surface area (Å²) in [6, 6.07) is 20.1. The van der Waals surface area contributed by atoms with Gasteiger partial charge in [0.2, 0.25) is 0 Å². The van der Waals surface area contributed by atoms with Crippen molar-refractivity contribution in [1.82, 2.24) is 0 Å². The van der Waals surface area contributed by atoms with Crippen LogP contribution in [0.4, 0.5) is 0 Å². The van der Waals surface area contributed by atoms with Crippen LogP contribution in [0.25, 0.3) is 12.2 Å². The molecule has 2 aliphatic rings. The molecular weight excluding hydrogens is 428 g/mol. The highest BCUT2D eigenvalue weighted by Crippen LogP contribution is 2.39. The molecule has 2 fully saturated rings. The van der Waals surface area contributed by atoms with Gasteiger partial charge < -0.3 is 0 Å². The molecule has 0 aromatic heterocycles. The summed E-state index contributed by atoms with van der Waals surface area (Å²) in [5.74, 6) is 3.32. The Hall–Kier alpha value is -2.74. The Morgan fingerprint density at radius 1 is 0.543 bits per heavy atom. The van der Waals surface area contributed by atoms with Crippen molar-refractivity contribution in [3.8, 4) is 0 Å². The summed E-state index contributed by atoms with van der Waals surface area (Å²) in [6.07, 6.45) is 20.1. The molecule has 0 bridgehead atoms. The van der Waals surface area contributed by atoms with Gasteiger partial charge in [0, 0.05) is 12.8 Å². The second-order valence-electron chi connectivity index (χ2n) is 10.8. The molecule has 0 radical (unpaired) electrons. The molecule has 2 saturated carbocycles. The highest BCUT2D eigenvalue weighted by Gasteiger charge is 2.28. The molecule has 4 rings (SSSR count). The Morgan fingerprint density at radius 3 is 1.26 bits per heavy atom. The molecule has 2 aromatic carbocycles. The van der Waals surface area contributed by atoms with Crippen LogP contribution in [0.1, 0.15) is 81.8 Å². The van der Waals surface area contributed by atoms with Crippen LogP contribution in [0, 0.1) is 23.7 Å². The number of hydrogen-bond donors (Lipinski definition) is 0. The van der Waals surface area contributed by atoms with Crippen LogP contribution >= 0.6 is 0 Å². The quantitative estimate of drug-likeness (QED) is 0.328. The molecule has 35 heavy (non-hydrogen) atoms. The molecule has 0 spiro atoms. The van der Waals surface area contributed by atoms with Crippen molar-refractivity contribution in [3.05, 3.63) is 83.9 Å². The smallest absolute Gasteiger partial charge is 0.155 e. The van der Waals surface area contributed by atoms with E-state index < -0.39 is 0 Å². The zero-order valence-corrected chi connectivity index (χ0v) is 21.0. The molecule has 0 N–H and O–H groups in total. The zero-order chi connectivity index (χ0) is 24.3. The number of allylic oxidation sites excluding steroid dienone is 2. The molecule has 0 unspecified atom stereocenters. The van der Waals surface area contributed by atoms with Gasteiger partial charge in [-0.15, -0.1) is 0 Å². The molecule has 0 aliphatic heterocycles. The van der Waals surface area contributed by atoms with Gasteiger partial charge in [-0.1, -0.05) is 98.5 Å². The van der Waals surface area contributed by atoms with Crippen molar-refractivity contribution >= 4 is 23.7 Å². The summed E-state index contributed by atoms with van der Waals surface area (Å²) < 4.78 is 0. The number of rotatable bonds is 10. The summed E-state index contributed by atoms with van der Waals surface area (Å²) >= 11 is 0. The Kier molecular flexibility index (Phi) is 9.69. The van der Waals surface area contributed by atoms with E-state index in [1.165, 1.54) is 57.8 Å². The van der Waals surface area contributed by atoms with Gasteiger partial charge in [0.15, 0.2) is 11.6 Å².